The summed E-state index contributed by atoms with van der Waals surface area (Å²) in [6, 6.07) is 15.6. The van der Waals surface area contributed by atoms with Gasteiger partial charge in [0.2, 0.25) is 11.8 Å². The molecule has 0 aliphatic heterocycles. The van der Waals surface area contributed by atoms with Crippen molar-refractivity contribution in [3.63, 3.8) is 0 Å². The number of aryl methyl sites for hydroxylation is 1. The first-order valence-corrected chi connectivity index (χ1v) is 13.7. The molecule has 2 amide bonds. The van der Waals surface area contributed by atoms with E-state index in [1.54, 1.807) is 30.3 Å². The highest BCUT2D eigenvalue weighted by atomic mass is 28.2. The number of carbonyl (C=O) groups is 2. The van der Waals surface area contributed by atoms with Crippen molar-refractivity contribution in [2.75, 3.05) is 19.9 Å². The molecule has 2 rings (SSSR count). The van der Waals surface area contributed by atoms with E-state index in [1.807, 2.05) is 35.6 Å². The number of rotatable bonds is 17. The molecule has 0 heterocycles. The Morgan fingerprint density at radius 1 is 0.974 bits per heavy atom. The first kappa shape index (κ1) is 30.6. The van der Waals surface area contributed by atoms with Crippen molar-refractivity contribution < 1.29 is 32.2 Å². The zero-order valence-corrected chi connectivity index (χ0v) is 22.6. The SMILES string of the molecule is C=CCOc1cccc(OCN[SiH2][C@@H](CCc2ccccc2)C(=O)N[C@@H](CC=C)C(=O)NCC(F)(F)F)c1. The summed E-state index contributed by atoms with van der Waals surface area (Å²) in [4.78, 5) is 28.7. The third kappa shape index (κ3) is 12.1. The molecule has 7 nitrogen and oxygen atoms in total. The van der Waals surface area contributed by atoms with Gasteiger partial charge in [-0.15, -0.1) is 6.58 Å². The van der Waals surface area contributed by atoms with E-state index < -0.39 is 45.8 Å². The zero-order valence-electron chi connectivity index (χ0n) is 21.1. The minimum Gasteiger partial charge on any atom is -0.489 e. The highest BCUT2D eigenvalue weighted by molar-refractivity contribution is 6.41. The molecule has 2 aromatic rings. The van der Waals surface area contributed by atoms with E-state index in [1.165, 1.54) is 6.08 Å². The number of nitrogens with one attached hydrogen (secondary N) is 3. The van der Waals surface area contributed by atoms with Gasteiger partial charge in [-0.25, -0.2) is 0 Å². The van der Waals surface area contributed by atoms with Gasteiger partial charge in [0.25, 0.3) is 0 Å². The van der Waals surface area contributed by atoms with Crippen molar-refractivity contribution in [2.45, 2.75) is 37.0 Å². The lowest BCUT2D eigenvalue weighted by Crippen LogP contribution is -2.50. The first-order chi connectivity index (χ1) is 18.2. The maximum absolute atomic E-state index is 13.1. The zero-order chi connectivity index (χ0) is 27.8. The Hall–Kier alpha value is -3.57. The fourth-order valence-electron chi connectivity index (χ4n) is 3.49. The largest absolute Gasteiger partial charge is 0.489 e. The molecule has 38 heavy (non-hydrogen) atoms. The van der Waals surface area contributed by atoms with Gasteiger partial charge < -0.3 is 25.1 Å². The van der Waals surface area contributed by atoms with Crippen molar-refractivity contribution in [1.82, 2.24) is 15.6 Å². The number of hydrogen-bond donors (Lipinski definition) is 3. The second-order valence-electron chi connectivity index (χ2n) is 8.46. The van der Waals surface area contributed by atoms with E-state index in [9.17, 15) is 22.8 Å². The van der Waals surface area contributed by atoms with Gasteiger partial charge in [0.05, 0.1) is 0 Å². The monoisotopic (exact) mass is 549 g/mol. The van der Waals surface area contributed by atoms with Crippen LogP contribution in [0.4, 0.5) is 13.2 Å². The molecular formula is C27H34F3N3O4Si. The molecule has 0 aromatic heterocycles. The molecule has 0 saturated heterocycles. The Morgan fingerprint density at radius 2 is 1.68 bits per heavy atom. The summed E-state index contributed by atoms with van der Waals surface area (Å²) >= 11 is 0. The minimum absolute atomic E-state index is 0.00317. The average Bonchev–Trinajstić information content (AvgIpc) is 2.90. The molecule has 0 aliphatic rings. The average molecular weight is 550 g/mol. The normalized spacial score (nSPS) is 12.9. The maximum Gasteiger partial charge on any atom is 0.405 e. The van der Waals surface area contributed by atoms with Crippen LogP contribution in [0.15, 0.2) is 79.9 Å². The predicted octanol–water partition coefficient (Wildman–Crippen LogP) is 3.42. The van der Waals surface area contributed by atoms with E-state index in [0.717, 1.165) is 5.56 Å². The van der Waals surface area contributed by atoms with Crippen molar-refractivity contribution in [3.8, 4) is 11.5 Å². The van der Waals surface area contributed by atoms with Crippen LogP contribution in [0.1, 0.15) is 18.4 Å². The summed E-state index contributed by atoms with van der Waals surface area (Å²) in [5.41, 5.74) is 0.612. The first-order valence-electron chi connectivity index (χ1n) is 12.2. The standard InChI is InChI=1S/C27H34F3N3O4Si/c1-3-9-23(25(34)31-18-27(28,29)30)33-26(35)24(15-14-20-10-6-5-7-11-20)38-32-19-37-22-13-8-12-21(17-22)36-16-4-2/h3-8,10-13,17,23-24,32H,1-2,9,14-16,18-19,38H2,(H,31,34)(H,33,35)/t23-,24-/m0/s1. The number of halogens is 3. The summed E-state index contributed by atoms with van der Waals surface area (Å²) in [6.45, 7) is 6.22. The summed E-state index contributed by atoms with van der Waals surface area (Å²) in [5, 5.41) is 4.45. The number of hydrogen-bond acceptors (Lipinski definition) is 5. The lowest BCUT2D eigenvalue weighted by Gasteiger charge is -2.22. The molecular weight excluding hydrogens is 515 g/mol. The second kappa shape index (κ2) is 16.3. The topological polar surface area (TPSA) is 88.7 Å². The van der Waals surface area contributed by atoms with Crippen LogP contribution in [0.25, 0.3) is 0 Å². The summed E-state index contributed by atoms with van der Waals surface area (Å²) in [6.07, 6.45) is -0.392. The van der Waals surface area contributed by atoms with Gasteiger partial charge in [-0.05, 0) is 37.0 Å². The third-order valence-electron chi connectivity index (χ3n) is 5.40. The Morgan fingerprint density at radius 3 is 2.34 bits per heavy atom. The number of ether oxygens (including phenoxy) is 2. The van der Waals surface area contributed by atoms with Gasteiger partial charge in [0.1, 0.15) is 47.1 Å². The van der Waals surface area contributed by atoms with Crippen molar-refractivity contribution in [2.24, 2.45) is 0 Å². The summed E-state index contributed by atoms with van der Waals surface area (Å²) in [7, 11) is -1.26. The molecule has 0 unspecified atom stereocenters. The van der Waals surface area contributed by atoms with Gasteiger partial charge >= 0.3 is 6.18 Å². The molecule has 0 spiro atoms. The maximum atomic E-state index is 13.1. The van der Waals surface area contributed by atoms with Gasteiger partial charge in [-0.1, -0.05) is 55.1 Å². The fraction of sp³-hybridized carbons (Fsp3) is 0.333. The van der Waals surface area contributed by atoms with E-state index in [-0.39, 0.29) is 13.2 Å². The Balaban J connectivity index is 1.99. The number of carbonyl (C=O) groups excluding carboxylic acids is 2. The van der Waals surface area contributed by atoms with Crippen LogP contribution in [0.5, 0.6) is 11.5 Å². The van der Waals surface area contributed by atoms with Crippen LogP contribution in [-0.2, 0) is 16.0 Å². The van der Waals surface area contributed by atoms with Gasteiger partial charge in [-0.3, -0.25) is 9.59 Å². The summed E-state index contributed by atoms with van der Waals surface area (Å²) < 4.78 is 48.9. The van der Waals surface area contributed by atoms with Gasteiger partial charge in [0, 0.05) is 11.6 Å². The van der Waals surface area contributed by atoms with Gasteiger partial charge in [0.15, 0.2) is 0 Å². The fourth-order valence-corrected chi connectivity index (χ4v) is 4.77. The molecule has 2 aromatic carbocycles. The lowest BCUT2D eigenvalue weighted by molar-refractivity contribution is -0.140. The van der Waals surface area contributed by atoms with Crippen LogP contribution < -0.4 is 25.1 Å². The number of benzene rings is 2. The molecule has 0 fully saturated rings. The summed E-state index contributed by atoms with van der Waals surface area (Å²) in [5.74, 6) is -0.0784. The lowest BCUT2D eigenvalue weighted by atomic mass is 10.1. The second-order valence-corrected chi connectivity index (χ2v) is 10.4. The van der Waals surface area contributed by atoms with Crippen molar-refractivity contribution in [1.29, 1.82) is 0 Å². The van der Waals surface area contributed by atoms with E-state index in [0.29, 0.717) is 30.9 Å². The van der Waals surface area contributed by atoms with Crippen molar-refractivity contribution >= 4 is 21.5 Å². The van der Waals surface area contributed by atoms with Gasteiger partial charge in [-0.2, -0.15) is 13.2 Å². The predicted molar refractivity (Wildman–Crippen MR) is 144 cm³/mol. The van der Waals surface area contributed by atoms with Crippen LogP contribution in [0.3, 0.4) is 0 Å². The number of alkyl halides is 3. The van der Waals surface area contributed by atoms with Crippen LogP contribution in [0, 0.1) is 0 Å². The van der Waals surface area contributed by atoms with Crippen LogP contribution in [0.2, 0.25) is 5.54 Å². The van der Waals surface area contributed by atoms with E-state index in [4.69, 9.17) is 9.47 Å². The van der Waals surface area contributed by atoms with Crippen molar-refractivity contribution in [3.05, 3.63) is 85.5 Å². The molecule has 0 aliphatic carbocycles. The highest BCUT2D eigenvalue weighted by Crippen LogP contribution is 2.19. The van der Waals surface area contributed by atoms with E-state index >= 15 is 0 Å². The van der Waals surface area contributed by atoms with E-state index in [2.05, 4.69) is 23.5 Å². The third-order valence-corrected chi connectivity index (χ3v) is 7.16. The molecule has 3 N–H and O–H groups in total. The molecule has 206 valence electrons. The molecule has 0 saturated carbocycles. The molecule has 11 heteroatoms. The van der Waals surface area contributed by atoms with Crippen LogP contribution >= 0.6 is 0 Å². The minimum atomic E-state index is -4.55. The van der Waals surface area contributed by atoms with Crippen LogP contribution in [-0.4, -0.2) is 53.6 Å². The Kier molecular flexibility index (Phi) is 13.2. The number of amides is 2. The Bertz CT molecular complexity index is 1040. The smallest absolute Gasteiger partial charge is 0.405 e. The molecule has 0 bridgehead atoms. The molecule has 2 atom stereocenters. The highest BCUT2D eigenvalue weighted by Gasteiger charge is 2.30. The quantitative estimate of drug-likeness (QED) is 0.122. The Labute approximate surface area is 223 Å². The molecule has 0 radical (unpaired) electrons.